The summed E-state index contributed by atoms with van der Waals surface area (Å²) in [5.74, 6) is -2.39. The molecule has 2 fully saturated rings. The van der Waals surface area contributed by atoms with Gasteiger partial charge in [-0.2, -0.15) is 0 Å². The lowest BCUT2D eigenvalue weighted by molar-refractivity contribution is -0.159. The molecule has 1 N–H and O–H groups in total. The smallest absolute Gasteiger partial charge is 0.249 e. The molecule has 0 saturated carbocycles. The maximum Gasteiger partial charge on any atom is 0.249 e. The van der Waals surface area contributed by atoms with Gasteiger partial charge in [0, 0.05) is 25.2 Å². The Kier molecular flexibility index (Phi) is 7.72. The SMILES string of the molecule is CCCN1CC=C[C@]2(C)O[C@]34C=CCN(C(C)(C)CC(C)(C)C)C(=O)C3N([C@H](CO)c3ccccc3)C(=O)[C@@H]4[C@@H]2C1=O. The molecule has 4 heterocycles. The quantitative estimate of drug-likeness (QED) is 0.493. The Morgan fingerprint density at radius 1 is 0.952 bits per heavy atom. The van der Waals surface area contributed by atoms with Gasteiger partial charge in [-0.05, 0) is 44.6 Å². The van der Waals surface area contributed by atoms with Crippen LogP contribution in [0.25, 0.3) is 0 Å². The minimum absolute atomic E-state index is 0.0483. The number of aliphatic hydroxyl groups is 1. The van der Waals surface area contributed by atoms with Gasteiger partial charge in [-0.1, -0.05) is 82.3 Å². The summed E-state index contributed by atoms with van der Waals surface area (Å²) in [5, 5.41) is 10.8. The van der Waals surface area contributed by atoms with Crippen LogP contribution in [0, 0.1) is 17.3 Å². The normalized spacial score (nSPS) is 32.0. The first-order chi connectivity index (χ1) is 19.7. The lowest BCUT2D eigenvalue weighted by Gasteiger charge is -2.45. The lowest BCUT2D eigenvalue weighted by atomic mass is 9.74. The third-order valence-electron chi connectivity index (χ3n) is 9.46. The monoisotopic (exact) mass is 577 g/mol. The third kappa shape index (κ3) is 4.80. The van der Waals surface area contributed by atoms with E-state index in [9.17, 15) is 19.5 Å². The van der Waals surface area contributed by atoms with Crippen molar-refractivity contribution >= 4 is 17.7 Å². The highest BCUT2D eigenvalue weighted by atomic mass is 16.5. The van der Waals surface area contributed by atoms with Crippen LogP contribution in [-0.4, -0.2) is 86.6 Å². The number of nitrogens with zero attached hydrogens (tertiary/aromatic N) is 3. The average molecular weight is 578 g/mol. The van der Waals surface area contributed by atoms with Crippen LogP contribution in [0.2, 0.25) is 0 Å². The summed E-state index contributed by atoms with van der Waals surface area (Å²) in [6.07, 6.45) is 9.22. The molecule has 0 radical (unpaired) electrons. The molecule has 6 atom stereocenters. The van der Waals surface area contributed by atoms with E-state index in [-0.39, 0.29) is 29.7 Å². The van der Waals surface area contributed by atoms with Gasteiger partial charge in [0.25, 0.3) is 0 Å². The molecule has 8 heteroatoms. The predicted molar refractivity (Wildman–Crippen MR) is 161 cm³/mol. The topological polar surface area (TPSA) is 90.4 Å². The zero-order valence-corrected chi connectivity index (χ0v) is 26.2. The maximum absolute atomic E-state index is 14.9. The van der Waals surface area contributed by atoms with Crippen LogP contribution in [0.3, 0.4) is 0 Å². The number of hydrogen-bond acceptors (Lipinski definition) is 5. The number of fused-ring (bicyclic) bond motifs is 2. The van der Waals surface area contributed by atoms with Gasteiger partial charge in [0.05, 0.1) is 30.1 Å². The molecule has 0 aromatic heterocycles. The molecule has 1 aromatic rings. The number of carbonyl (C=O) groups excluding carboxylic acids is 3. The van der Waals surface area contributed by atoms with Crippen molar-refractivity contribution < 1.29 is 24.2 Å². The number of hydrogen-bond donors (Lipinski definition) is 1. The van der Waals surface area contributed by atoms with Gasteiger partial charge in [0.1, 0.15) is 11.6 Å². The largest absolute Gasteiger partial charge is 0.394 e. The minimum atomic E-state index is -1.36. The highest BCUT2D eigenvalue weighted by molar-refractivity contribution is 6.00. The second-order valence-corrected chi connectivity index (χ2v) is 14.4. The summed E-state index contributed by atoms with van der Waals surface area (Å²) >= 11 is 0. The number of amides is 3. The Bertz CT molecular complexity index is 1280. The summed E-state index contributed by atoms with van der Waals surface area (Å²) in [6.45, 7) is 15.5. The fourth-order valence-electron chi connectivity index (χ4n) is 8.29. The second kappa shape index (κ2) is 10.6. The second-order valence-electron chi connectivity index (χ2n) is 14.4. The first-order valence-corrected chi connectivity index (χ1v) is 15.3. The van der Waals surface area contributed by atoms with Crippen molar-refractivity contribution in [2.24, 2.45) is 17.3 Å². The van der Waals surface area contributed by atoms with Crippen LogP contribution in [-0.2, 0) is 19.1 Å². The summed E-state index contributed by atoms with van der Waals surface area (Å²) in [5.41, 5.74) is -2.27. The molecule has 42 heavy (non-hydrogen) atoms. The Balaban J connectivity index is 1.69. The van der Waals surface area contributed by atoms with Gasteiger partial charge in [-0.15, -0.1) is 0 Å². The van der Waals surface area contributed by atoms with Crippen LogP contribution in [0.4, 0.5) is 0 Å². The van der Waals surface area contributed by atoms with Gasteiger partial charge in [0.15, 0.2) is 0 Å². The van der Waals surface area contributed by atoms with E-state index < -0.39 is 40.7 Å². The highest BCUT2D eigenvalue weighted by Crippen LogP contribution is 2.59. The molecule has 228 valence electrons. The van der Waals surface area contributed by atoms with Crippen LogP contribution in [0.15, 0.2) is 54.6 Å². The molecule has 1 spiro atoms. The average Bonchev–Trinajstić information content (AvgIpc) is 3.17. The molecule has 4 aliphatic rings. The van der Waals surface area contributed by atoms with Crippen molar-refractivity contribution in [3.63, 3.8) is 0 Å². The molecule has 0 bridgehead atoms. The van der Waals surface area contributed by atoms with E-state index in [2.05, 4.69) is 34.6 Å². The van der Waals surface area contributed by atoms with Gasteiger partial charge in [0.2, 0.25) is 17.7 Å². The van der Waals surface area contributed by atoms with Gasteiger partial charge in [-0.25, -0.2) is 0 Å². The van der Waals surface area contributed by atoms with E-state index in [0.29, 0.717) is 19.6 Å². The van der Waals surface area contributed by atoms with Gasteiger partial charge < -0.3 is 24.5 Å². The predicted octanol–water partition coefficient (Wildman–Crippen LogP) is 4.11. The number of likely N-dealkylation sites (tertiary alicyclic amines) is 1. The molecular formula is C34H47N3O5. The number of aliphatic hydroxyl groups excluding tert-OH is 1. The fraction of sp³-hybridized carbons (Fsp3) is 0.618. The zero-order chi connectivity index (χ0) is 30.7. The van der Waals surface area contributed by atoms with Crippen LogP contribution < -0.4 is 0 Å². The first-order valence-electron chi connectivity index (χ1n) is 15.3. The summed E-state index contributed by atoms with van der Waals surface area (Å²) in [7, 11) is 0. The van der Waals surface area contributed by atoms with Crippen molar-refractivity contribution in [3.05, 3.63) is 60.2 Å². The third-order valence-corrected chi connectivity index (χ3v) is 9.46. The Labute approximate surface area is 250 Å². The Hall–Kier alpha value is -2.97. The molecule has 8 nitrogen and oxygen atoms in total. The van der Waals surface area contributed by atoms with Crippen LogP contribution in [0.5, 0.6) is 0 Å². The number of rotatable bonds is 7. The van der Waals surface area contributed by atoms with E-state index >= 15 is 0 Å². The zero-order valence-electron chi connectivity index (χ0n) is 26.2. The Morgan fingerprint density at radius 3 is 2.24 bits per heavy atom. The van der Waals surface area contributed by atoms with Gasteiger partial charge in [-0.3, -0.25) is 14.4 Å². The van der Waals surface area contributed by atoms with Crippen molar-refractivity contribution in [2.75, 3.05) is 26.2 Å². The molecule has 0 aliphatic carbocycles. The number of benzene rings is 1. The van der Waals surface area contributed by atoms with E-state index in [1.807, 2.05) is 73.4 Å². The number of carbonyl (C=O) groups is 3. The lowest BCUT2D eigenvalue weighted by Crippen LogP contribution is -2.60. The van der Waals surface area contributed by atoms with Crippen molar-refractivity contribution in [3.8, 4) is 0 Å². The molecule has 3 amide bonds. The van der Waals surface area contributed by atoms with Crippen LogP contribution in [0.1, 0.15) is 72.9 Å². The van der Waals surface area contributed by atoms with E-state index in [1.54, 1.807) is 9.80 Å². The molecule has 5 rings (SSSR count). The van der Waals surface area contributed by atoms with Gasteiger partial charge >= 0.3 is 0 Å². The molecule has 1 aromatic carbocycles. The maximum atomic E-state index is 14.9. The van der Waals surface area contributed by atoms with Crippen molar-refractivity contribution in [1.29, 1.82) is 0 Å². The van der Waals surface area contributed by atoms with Crippen molar-refractivity contribution in [1.82, 2.24) is 14.7 Å². The Morgan fingerprint density at radius 2 is 1.62 bits per heavy atom. The molecule has 1 unspecified atom stereocenters. The summed E-state index contributed by atoms with van der Waals surface area (Å²) in [6, 6.07) is 7.50. The van der Waals surface area contributed by atoms with Crippen LogP contribution >= 0.6 is 0 Å². The molecule has 4 aliphatic heterocycles. The standard InChI is InChI=1S/C34H47N3O5/c1-8-18-35-19-12-16-33(7)25(28(35)39)26-29(40)37(24(21-38)23-14-10-9-11-15-23)27-30(41)36(20-13-17-34(26,27)42-33)32(5,6)22-31(2,3)4/h9-17,24-27,38H,8,18-22H2,1-7H3/t24-,25-,26+,27?,33+,34+/m1/s1. The van der Waals surface area contributed by atoms with E-state index in [1.165, 1.54) is 0 Å². The fourth-order valence-corrected chi connectivity index (χ4v) is 8.29. The minimum Gasteiger partial charge on any atom is -0.394 e. The molecular weight excluding hydrogens is 530 g/mol. The number of ether oxygens (including phenoxy) is 1. The first kappa shape index (κ1) is 30.5. The summed E-state index contributed by atoms with van der Waals surface area (Å²) < 4.78 is 6.98. The van der Waals surface area contributed by atoms with Crippen molar-refractivity contribution in [2.45, 2.75) is 90.1 Å². The highest BCUT2D eigenvalue weighted by Gasteiger charge is 2.75. The summed E-state index contributed by atoms with van der Waals surface area (Å²) in [4.78, 5) is 49.2. The molecule has 2 saturated heterocycles. The van der Waals surface area contributed by atoms with E-state index in [4.69, 9.17) is 4.74 Å². The van der Waals surface area contributed by atoms with E-state index in [0.717, 1.165) is 18.4 Å².